The molecule has 0 saturated carbocycles. The quantitative estimate of drug-likeness (QED) is 0.546. The van der Waals surface area contributed by atoms with E-state index < -0.39 is 26.0 Å². The topological polar surface area (TPSA) is 0 Å². The predicted octanol–water partition coefficient (Wildman–Crippen LogP) is 4.00. The van der Waals surface area contributed by atoms with E-state index in [9.17, 15) is 0 Å². The Hall–Kier alpha value is 0.752. The molecule has 0 aliphatic carbocycles. The third-order valence-corrected chi connectivity index (χ3v) is 12.1. The molecule has 0 saturated heterocycles. The van der Waals surface area contributed by atoms with E-state index in [1.54, 1.807) is 0 Å². The molecule has 0 nitrogen and oxygen atoms in total. The minimum atomic E-state index is -1.35. The van der Waals surface area contributed by atoms with Gasteiger partial charge in [0, 0.05) is 0 Å². The summed E-state index contributed by atoms with van der Waals surface area (Å²) in [6, 6.07) is 0. The van der Waals surface area contributed by atoms with Crippen LogP contribution in [0.15, 0.2) is 38.0 Å². The number of hydrogen-bond donors (Lipinski definition) is 0. The third kappa shape index (κ3) is 8.66. The summed E-state index contributed by atoms with van der Waals surface area (Å²) in [4.78, 5) is 0. The Balaban J connectivity index is 0. The molecule has 11 heavy (non-hydrogen) atoms. The molecule has 0 rings (SSSR count). The van der Waals surface area contributed by atoms with Gasteiger partial charge in [0.05, 0.1) is 0 Å². The molecule has 0 aromatic rings. The first-order valence-electron chi connectivity index (χ1n) is 3.51. The van der Waals surface area contributed by atoms with Gasteiger partial charge in [-0.1, -0.05) is 0 Å². The first-order valence-corrected chi connectivity index (χ1v) is 12.3. The molecule has 0 radical (unpaired) electrons. The summed E-state index contributed by atoms with van der Waals surface area (Å²) in [5, 5.41) is 0. The van der Waals surface area contributed by atoms with Crippen LogP contribution in [0.25, 0.3) is 0 Å². The maximum atomic E-state index is 3.75. The molecular weight excluding hydrogens is 426 g/mol. The first kappa shape index (κ1) is 14.3. The van der Waals surface area contributed by atoms with Gasteiger partial charge in [-0.05, 0) is 0 Å². The van der Waals surface area contributed by atoms with E-state index in [2.05, 4.69) is 38.0 Å². The van der Waals surface area contributed by atoms with Gasteiger partial charge in [-0.3, -0.25) is 0 Å². The second-order valence-electron chi connectivity index (χ2n) is 2.23. The molecule has 0 spiro atoms. The van der Waals surface area contributed by atoms with Crippen molar-refractivity contribution >= 4 is 17.0 Å². The first-order chi connectivity index (χ1) is 4.85. The standard InChI is InChI=1S/3C3H5.BrH.U/c3*1-3-2;;/h3*3H,1-2H2;1H;. The van der Waals surface area contributed by atoms with E-state index in [4.69, 9.17) is 0 Å². The third-order valence-electron chi connectivity index (χ3n) is 1.30. The second kappa shape index (κ2) is 10.8. The molecule has 0 fully saturated rings. The molecule has 0 heterocycles. The zero-order valence-corrected chi connectivity index (χ0v) is 12.8. The monoisotopic (exact) mass is 441 g/mol. The normalized spacial score (nSPS) is 7.64. The van der Waals surface area contributed by atoms with E-state index >= 15 is 0 Å². The summed E-state index contributed by atoms with van der Waals surface area (Å²) >= 11 is -1.35. The summed E-state index contributed by atoms with van der Waals surface area (Å²) in [6.45, 7) is 11.3. The zero-order chi connectivity index (χ0) is 7.82. The molecule has 0 unspecified atom stereocenters. The molecule has 0 atom stereocenters. The Kier molecular flexibility index (Phi) is 14.0. The van der Waals surface area contributed by atoms with Crippen LogP contribution in [0.3, 0.4) is 0 Å². The van der Waals surface area contributed by atoms with Gasteiger partial charge in [0.2, 0.25) is 0 Å². The van der Waals surface area contributed by atoms with Gasteiger partial charge in [0.25, 0.3) is 0 Å². The Morgan fingerprint density at radius 2 is 1.09 bits per heavy atom. The number of allylic oxidation sites excluding steroid dienone is 3. The molecule has 0 N–H and O–H groups in total. The molecule has 0 aromatic heterocycles. The summed E-state index contributed by atoms with van der Waals surface area (Å²) in [7, 11) is 0. The average molecular weight is 442 g/mol. The fourth-order valence-corrected chi connectivity index (χ4v) is 8.04. The van der Waals surface area contributed by atoms with Gasteiger partial charge < -0.3 is 0 Å². The molecule has 0 bridgehead atoms. The van der Waals surface area contributed by atoms with Crippen molar-refractivity contribution in [3.63, 3.8) is 0 Å². The van der Waals surface area contributed by atoms with Crippen molar-refractivity contribution in [1.82, 2.24) is 0 Å². The minimum absolute atomic E-state index is 0. The summed E-state index contributed by atoms with van der Waals surface area (Å²) in [6.07, 6.45) is 6.17. The Morgan fingerprint density at radius 3 is 1.27 bits per heavy atom. The van der Waals surface area contributed by atoms with E-state index in [1.165, 1.54) is 10.4 Å². The van der Waals surface area contributed by atoms with Crippen molar-refractivity contribution in [1.29, 1.82) is 0 Å². The molecule has 2 heteroatoms. The number of halogens is 1. The van der Waals surface area contributed by atoms with E-state index in [-0.39, 0.29) is 17.0 Å². The molecule has 0 amide bonds. The summed E-state index contributed by atoms with van der Waals surface area (Å²) in [5.74, 6) is 0. The summed E-state index contributed by atoms with van der Waals surface area (Å²) < 4.78 is 3.87. The van der Waals surface area contributed by atoms with Crippen LogP contribution in [0.4, 0.5) is 0 Å². The van der Waals surface area contributed by atoms with Gasteiger partial charge in [0.15, 0.2) is 0 Å². The van der Waals surface area contributed by atoms with Crippen LogP contribution in [0, 0.1) is 26.0 Å². The Morgan fingerprint density at radius 1 is 0.818 bits per heavy atom. The van der Waals surface area contributed by atoms with Crippen LogP contribution >= 0.6 is 17.0 Å². The maximum absolute atomic E-state index is 3.75. The van der Waals surface area contributed by atoms with Gasteiger partial charge in [-0.15, -0.1) is 17.0 Å². The van der Waals surface area contributed by atoms with Gasteiger partial charge >= 0.3 is 74.4 Å². The fraction of sp³-hybridized carbons (Fsp3) is 0.333. The van der Waals surface area contributed by atoms with Crippen LogP contribution in [-0.2, 0) is 0 Å². The van der Waals surface area contributed by atoms with Crippen molar-refractivity contribution < 1.29 is 26.0 Å². The van der Waals surface area contributed by atoms with Crippen molar-refractivity contribution in [3.05, 3.63) is 38.0 Å². The van der Waals surface area contributed by atoms with Crippen LogP contribution in [0.5, 0.6) is 0 Å². The summed E-state index contributed by atoms with van der Waals surface area (Å²) in [5.41, 5.74) is 0. The molecule has 0 aliphatic heterocycles. The number of rotatable bonds is 6. The van der Waals surface area contributed by atoms with Crippen LogP contribution in [0.2, 0.25) is 10.4 Å². The van der Waals surface area contributed by atoms with Crippen LogP contribution in [-0.4, -0.2) is 0 Å². The average Bonchev–Trinajstić information content (AvgIpc) is 1.90. The van der Waals surface area contributed by atoms with Crippen molar-refractivity contribution in [2.75, 3.05) is 0 Å². The number of hydrogen-bond acceptors (Lipinski definition) is 0. The zero-order valence-electron chi connectivity index (χ0n) is 6.88. The van der Waals surface area contributed by atoms with Crippen molar-refractivity contribution in [2.24, 2.45) is 0 Å². The molecule has 0 aliphatic rings. The second-order valence-corrected chi connectivity index (χ2v) is 13.6. The fourth-order valence-electron chi connectivity index (χ4n) is 0.862. The van der Waals surface area contributed by atoms with E-state index in [0.29, 0.717) is 0 Å². The van der Waals surface area contributed by atoms with Crippen LogP contribution in [0.1, 0.15) is 0 Å². The SMILES string of the molecule is Br.C=C[CH2][U]([CH2]C=C)[CH2]C=C. The Labute approximate surface area is 90.5 Å². The molecule has 63 valence electrons. The van der Waals surface area contributed by atoms with Gasteiger partial charge in [0.1, 0.15) is 0 Å². The van der Waals surface area contributed by atoms with E-state index in [0.717, 1.165) is 0 Å². The molecule has 0 aromatic carbocycles. The van der Waals surface area contributed by atoms with E-state index in [1.807, 2.05) is 0 Å². The van der Waals surface area contributed by atoms with Gasteiger partial charge in [-0.2, -0.15) is 0 Å². The predicted molar refractivity (Wildman–Crippen MR) is 55.3 cm³/mol. The van der Waals surface area contributed by atoms with Crippen LogP contribution < -0.4 is 0 Å². The van der Waals surface area contributed by atoms with Gasteiger partial charge in [-0.25, -0.2) is 0 Å². The Bertz CT molecular complexity index is 97.0. The van der Waals surface area contributed by atoms with Crippen molar-refractivity contribution in [2.45, 2.75) is 10.4 Å². The van der Waals surface area contributed by atoms with Crippen molar-refractivity contribution in [3.8, 4) is 0 Å². The molecular formula is C9H16BrU.